The summed E-state index contributed by atoms with van der Waals surface area (Å²) in [5.74, 6) is 0.743. The SMILES string of the molecule is CCc1ccc(-n2cc(COc3ccc4c(c3)c(C(C)=O)c(C)n4Cc3ccccc3)nn2)cc1. The molecule has 0 aliphatic carbocycles. The van der Waals surface area contributed by atoms with Crippen molar-refractivity contribution in [2.75, 3.05) is 0 Å². The molecule has 3 aromatic carbocycles. The van der Waals surface area contributed by atoms with Crippen LogP contribution in [0.25, 0.3) is 16.6 Å². The van der Waals surface area contributed by atoms with Gasteiger partial charge in [-0.1, -0.05) is 54.6 Å². The topological polar surface area (TPSA) is 61.9 Å². The minimum Gasteiger partial charge on any atom is -0.487 e. The van der Waals surface area contributed by atoms with Crippen molar-refractivity contribution in [2.45, 2.75) is 40.3 Å². The standard InChI is InChI=1S/C29H28N4O2/c1-4-22-10-12-25(13-11-22)33-18-24(30-31-33)19-35-26-14-15-28-27(16-26)29(21(3)34)20(2)32(28)17-23-8-6-5-7-9-23/h5-16,18H,4,17,19H2,1-3H3. The first-order valence-electron chi connectivity index (χ1n) is 11.8. The largest absolute Gasteiger partial charge is 0.487 e. The third-order valence-electron chi connectivity index (χ3n) is 6.37. The minimum atomic E-state index is 0.0495. The molecule has 2 heterocycles. The molecule has 0 spiro atoms. The van der Waals surface area contributed by atoms with Crippen molar-refractivity contribution in [3.8, 4) is 11.4 Å². The van der Waals surface area contributed by atoms with Gasteiger partial charge in [0.2, 0.25) is 0 Å². The Kier molecular flexibility index (Phi) is 6.19. The highest BCUT2D eigenvalue weighted by molar-refractivity contribution is 6.08. The maximum atomic E-state index is 12.5. The molecule has 0 radical (unpaired) electrons. The molecule has 0 saturated carbocycles. The van der Waals surface area contributed by atoms with Crippen LogP contribution in [0.15, 0.2) is 79.0 Å². The second-order valence-electron chi connectivity index (χ2n) is 8.73. The van der Waals surface area contributed by atoms with Crippen LogP contribution in [0, 0.1) is 6.92 Å². The lowest BCUT2D eigenvalue weighted by atomic mass is 10.1. The van der Waals surface area contributed by atoms with Crippen LogP contribution in [-0.4, -0.2) is 25.3 Å². The van der Waals surface area contributed by atoms with Gasteiger partial charge in [-0.15, -0.1) is 5.10 Å². The van der Waals surface area contributed by atoms with Crippen molar-refractivity contribution in [1.29, 1.82) is 0 Å². The van der Waals surface area contributed by atoms with E-state index in [4.69, 9.17) is 4.74 Å². The van der Waals surface area contributed by atoms with Gasteiger partial charge in [0.1, 0.15) is 18.1 Å². The second-order valence-corrected chi connectivity index (χ2v) is 8.73. The zero-order valence-electron chi connectivity index (χ0n) is 20.2. The average Bonchev–Trinajstić information content (AvgIpc) is 3.46. The fourth-order valence-electron chi connectivity index (χ4n) is 4.50. The molecule has 0 bridgehead atoms. The van der Waals surface area contributed by atoms with E-state index in [2.05, 4.69) is 46.1 Å². The summed E-state index contributed by atoms with van der Waals surface area (Å²) >= 11 is 0. The van der Waals surface area contributed by atoms with Gasteiger partial charge in [0.05, 0.1) is 11.9 Å². The van der Waals surface area contributed by atoms with E-state index >= 15 is 0 Å². The molecule has 0 amide bonds. The number of Topliss-reactive ketones (excluding diaryl/α,β-unsaturated/α-hetero) is 1. The Hall–Kier alpha value is -4.19. The molecule has 0 aliphatic rings. The maximum Gasteiger partial charge on any atom is 0.162 e. The van der Waals surface area contributed by atoms with Crippen LogP contribution in [0.5, 0.6) is 5.75 Å². The molecule has 176 valence electrons. The first-order valence-corrected chi connectivity index (χ1v) is 11.8. The van der Waals surface area contributed by atoms with Gasteiger partial charge < -0.3 is 9.30 Å². The third-order valence-corrected chi connectivity index (χ3v) is 6.37. The van der Waals surface area contributed by atoms with Crippen molar-refractivity contribution >= 4 is 16.7 Å². The number of carbonyl (C=O) groups is 1. The predicted octanol–water partition coefficient (Wildman–Crippen LogP) is 5.92. The lowest BCUT2D eigenvalue weighted by molar-refractivity contribution is 0.101. The van der Waals surface area contributed by atoms with E-state index in [9.17, 15) is 4.79 Å². The fraction of sp³-hybridized carbons (Fsp3) is 0.207. The van der Waals surface area contributed by atoms with Gasteiger partial charge in [0.15, 0.2) is 5.78 Å². The van der Waals surface area contributed by atoms with E-state index in [1.807, 2.05) is 61.7 Å². The van der Waals surface area contributed by atoms with Gasteiger partial charge in [-0.25, -0.2) is 4.68 Å². The van der Waals surface area contributed by atoms with Gasteiger partial charge in [0.25, 0.3) is 0 Å². The molecular weight excluding hydrogens is 436 g/mol. The molecule has 5 rings (SSSR count). The number of rotatable bonds is 8. The van der Waals surface area contributed by atoms with E-state index in [-0.39, 0.29) is 12.4 Å². The number of nitrogens with zero attached hydrogens (tertiary/aromatic N) is 4. The number of benzene rings is 3. The molecule has 5 aromatic rings. The summed E-state index contributed by atoms with van der Waals surface area (Å²) in [7, 11) is 0. The smallest absolute Gasteiger partial charge is 0.162 e. The van der Waals surface area contributed by atoms with Crippen LogP contribution in [-0.2, 0) is 19.6 Å². The van der Waals surface area contributed by atoms with E-state index in [0.29, 0.717) is 12.3 Å². The quantitative estimate of drug-likeness (QED) is 0.267. The first kappa shape index (κ1) is 22.6. The number of ketones is 1. The van der Waals surface area contributed by atoms with Gasteiger partial charge in [0, 0.05) is 28.7 Å². The fourth-order valence-corrected chi connectivity index (χ4v) is 4.50. The molecule has 0 saturated heterocycles. The molecule has 0 aliphatic heterocycles. The summed E-state index contributed by atoms with van der Waals surface area (Å²) in [5.41, 5.74) is 6.89. The Bertz CT molecular complexity index is 1480. The molecule has 0 atom stereocenters. The highest BCUT2D eigenvalue weighted by Crippen LogP contribution is 2.31. The molecule has 0 fully saturated rings. The molecule has 0 unspecified atom stereocenters. The predicted molar refractivity (Wildman–Crippen MR) is 137 cm³/mol. The highest BCUT2D eigenvalue weighted by atomic mass is 16.5. The molecular formula is C29H28N4O2. The van der Waals surface area contributed by atoms with Crippen molar-refractivity contribution in [3.05, 3.63) is 107 Å². The lowest BCUT2D eigenvalue weighted by Crippen LogP contribution is -2.03. The van der Waals surface area contributed by atoms with E-state index in [1.165, 1.54) is 11.1 Å². The number of hydrogen-bond donors (Lipinski definition) is 0. The van der Waals surface area contributed by atoms with Crippen LogP contribution in [0.4, 0.5) is 0 Å². The van der Waals surface area contributed by atoms with Crippen LogP contribution in [0.1, 0.15) is 46.7 Å². The van der Waals surface area contributed by atoms with Crippen molar-refractivity contribution in [1.82, 2.24) is 19.6 Å². The lowest BCUT2D eigenvalue weighted by Gasteiger charge is -2.09. The summed E-state index contributed by atoms with van der Waals surface area (Å²) in [6.45, 7) is 6.76. The Morgan fingerprint density at radius 3 is 2.46 bits per heavy atom. The zero-order chi connectivity index (χ0) is 24.4. The zero-order valence-corrected chi connectivity index (χ0v) is 20.2. The number of ether oxygens (including phenoxy) is 1. The van der Waals surface area contributed by atoms with Crippen LogP contribution in [0.2, 0.25) is 0 Å². The summed E-state index contributed by atoms with van der Waals surface area (Å²) in [6, 6.07) is 24.5. The van der Waals surface area contributed by atoms with Gasteiger partial charge in [-0.3, -0.25) is 4.79 Å². The highest BCUT2D eigenvalue weighted by Gasteiger charge is 2.18. The van der Waals surface area contributed by atoms with Crippen molar-refractivity contribution < 1.29 is 9.53 Å². The molecule has 0 N–H and O–H groups in total. The van der Waals surface area contributed by atoms with E-state index in [0.717, 1.165) is 40.0 Å². The van der Waals surface area contributed by atoms with Crippen LogP contribution >= 0.6 is 0 Å². The van der Waals surface area contributed by atoms with Gasteiger partial charge in [-0.05, 0) is 61.7 Å². The molecule has 6 nitrogen and oxygen atoms in total. The number of aromatic nitrogens is 4. The molecule has 2 aromatic heterocycles. The van der Waals surface area contributed by atoms with Gasteiger partial charge in [-0.2, -0.15) is 0 Å². The Morgan fingerprint density at radius 2 is 1.74 bits per heavy atom. The van der Waals surface area contributed by atoms with E-state index < -0.39 is 0 Å². The number of fused-ring (bicyclic) bond motifs is 1. The number of aryl methyl sites for hydroxylation is 1. The number of hydrogen-bond acceptors (Lipinski definition) is 4. The average molecular weight is 465 g/mol. The van der Waals surface area contributed by atoms with E-state index in [1.54, 1.807) is 11.6 Å². The summed E-state index contributed by atoms with van der Waals surface area (Å²) in [4.78, 5) is 12.5. The Morgan fingerprint density at radius 1 is 0.971 bits per heavy atom. The molecule has 6 heteroatoms. The van der Waals surface area contributed by atoms with Crippen molar-refractivity contribution in [2.24, 2.45) is 0 Å². The minimum absolute atomic E-state index is 0.0495. The summed E-state index contributed by atoms with van der Waals surface area (Å²) in [6.07, 6.45) is 2.88. The monoisotopic (exact) mass is 464 g/mol. The van der Waals surface area contributed by atoms with Gasteiger partial charge >= 0.3 is 0 Å². The Labute approximate surface area is 204 Å². The normalized spacial score (nSPS) is 11.2. The van der Waals surface area contributed by atoms with Crippen LogP contribution in [0.3, 0.4) is 0 Å². The second kappa shape index (κ2) is 9.58. The summed E-state index contributed by atoms with van der Waals surface area (Å²) in [5, 5.41) is 9.39. The maximum absolute atomic E-state index is 12.5. The Balaban J connectivity index is 1.38. The third kappa shape index (κ3) is 4.60. The number of carbonyl (C=O) groups excluding carboxylic acids is 1. The molecule has 35 heavy (non-hydrogen) atoms. The first-order chi connectivity index (χ1) is 17.0. The summed E-state index contributed by atoms with van der Waals surface area (Å²) < 4.78 is 10.00. The van der Waals surface area contributed by atoms with Crippen LogP contribution < -0.4 is 4.74 Å². The van der Waals surface area contributed by atoms with Crippen molar-refractivity contribution in [3.63, 3.8) is 0 Å².